The monoisotopic (exact) mass is 371 g/mol. The number of imide groups is 1. The fourth-order valence-electron chi connectivity index (χ4n) is 4.22. The van der Waals surface area contributed by atoms with Gasteiger partial charge in [-0.1, -0.05) is 58.7 Å². The molecule has 1 spiro atoms. The maximum absolute atomic E-state index is 13.0. The number of nitrogens with zero attached hydrogens (tertiary/aromatic N) is 1. The third-order valence-electron chi connectivity index (χ3n) is 5.81. The summed E-state index contributed by atoms with van der Waals surface area (Å²) in [5.74, 6) is -0.549. The zero-order chi connectivity index (χ0) is 19.8. The highest BCUT2D eigenvalue weighted by Crippen LogP contribution is 2.38. The number of benzene rings is 1. The van der Waals surface area contributed by atoms with E-state index >= 15 is 0 Å². The zero-order valence-electron chi connectivity index (χ0n) is 16.6. The summed E-state index contributed by atoms with van der Waals surface area (Å²) < 4.78 is 0. The minimum Gasteiger partial charge on any atom is -0.324 e. The predicted molar refractivity (Wildman–Crippen MR) is 104 cm³/mol. The van der Waals surface area contributed by atoms with Crippen LogP contribution in [0.1, 0.15) is 58.9 Å². The van der Waals surface area contributed by atoms with Crippen molar-refractivity contribution in [3.05, 3.63) is 29.8 Å². The number of urea groups is 1. The van der Waals surface area contributed by atoms with Gasteiger partial charge in [-0.15, -0.1) is 0 Å². The number of carbonyl (C=O) groups is 3. The minimum atomic E-state index is -0.834. The molecule has 146 valence electrons. The highest BCUT2D eigenvalue weighted by Gasteiger charge is 2.55. The Kier molecular flexibility index (Phi) is 5.02. The van der Waals surface area contributed by atoms with E-state index in [4.69, 9.17) is 0 Å². The second kappa shape index (κ2) is 6.98. The summed E-state index contributed by atoms with van der Waals surface area (Å²) in [6.45, 7) is 7.95. The summed E-state index contributed by atoms with van der Waals surface area (Å²) in [5, 5.41) is 5.76. The largest absolute Gasteiger partial charge is 0.325 e. The standard InChI is InChI=1S/C21H29N3O3/c1-14-9-7-8-12-21(14)18(26)24(19(27)23-21)13-17(25)22-16-11-6-5-10-15(16)20(2,3)4/h5-6,10-11,14H,7-9,12-13H2,1-4H3,(H,22,25)(H,23,27)/t14-,21+/m1/s1. The first-order valence-corrected chi connectivity index (χ1v) is 9.68. The summed E-state index contributed by atoms with van der Waals surface area (Å²) in [6.07, 6.45) is 3.53. The normalized spacial score (nSPS) is 25.6. The minimum absolute atomic E-state index is 0.0809. The van der Waals surface area contributed by atoms with Gasteiger partial charge in [0, 0.05) is 5.69 Å². The second-order valence-corrected chi connectivity index (χ2v) is 8.78. The van der Waals surface area contributed by atoms with Crippen LogP contribution >= 0.6 is 0 Å². The maximum Gasteiger partial charge on any atom is 0.325 e. The van der Waals surface area contributed by atoms with Gasteiger partial charge in [0.05, 0.1) is 0 Å². The molecule has 1 aromatic rings. The predicted octanol–water partition coefficient (Wildman–Crippen LogP) is 3.42. The molecule has 1 aliphatic carbocycles. The molecular weight excluding hydrogens is 342 g/mol. The Hall–Kier alpha value is -2.37. The van der Waals surface area contributed by atoms with Gasteiger partial charge in [0.15, 0.2) is 0 Å². The van der Waals surface area contributed by atoms with Gasteiger partial charge in [-0.2, -0.15) is 0 Å². The molecule has 3 rings (SSSR count). The zero-order valence-corrected chi connectivity index (χ0v) is 16.6. The first-order chi connectivity index (χ1) is 12.6. The first kappa shape index (κ1) is 19.4. The average Bonchev–Trinajstić information content (AvgIpc) is 2.82. The van der Waals surface area contributed by atoms with Crippen LogP contribution < -0.4 is 10.6 Å². The lowest BCUT2D eigenvalue weighted by Crippen LogP contribution is -2.54. The van der Waals surface area contributed by atoms with Crippen molar-refractivity contribution < 1.29 is 14.4 Å². The van der Waals surface area contributed by atoms with E-state index in [9.17, 15) is 14.4 Å². The average molecular weight is 371 g/mol. The van der Waals surface area contributed by atoms with Gasteiger partial charge in [-0.25, -0.2) is 4.79 Å². The van der Waals surface area contributed by atoms with Crippen molar-refractivity contribution in [2.24, 2.45) is 5.92 Å². The Morgan fingerprint density at radius 2 is 1.96 bits per heavy atom. The Labute approximate surface area is 160 Å². The van der Waals surface area contributed by atoms with Crippen LogP contribution in [0, 0.1) is 5.92 Å². The topological polar surface area (TPSA) is 78.5 Å². The Balaban J connectivity index is 1.74. The molecule has 1 saturated carbocycles. The molecule has 6 heteroatoms. The molecule has 27 heavy (non-hydrogen) atoms. The van der Waals surface area contributed by atoms with Crippen LogP contribution in [0.4, 0.5) is 10.5 Å². The molecule has 1 aliphatic heterocycles. The third-order valence-corrected chi connectivity index (χ3v) is 5.81. The molecule has 1 saturated heterocycles. The second-order valence-electron chi connectivity index (χ2n) is 8.78. The van der Waals surface area contributed by atoms with Crippen molar-refractivity contribution in [2.45, 2.75) is 64.3 Å². The number of hydrogen-bond donors (Lipinski definition) is 2. The van der Waals surface area contributed by atoms with Crippen LogP contribution in [0.3, 0.4) is 0 Å². The lowest BCUT2D eigenvalue weighted by atomic mass is 9.73. The van der Waals surface area contributed by atoms with Crippen molar-refractivity contribution >= 4 is 23.5 Å². The lowest BCUT2D eigenvalue weighted by Gasteiger charge is -2.36. The van der Waals surface area contributed by atoms with Crippen molar-refractivity contribution in [1.29, 1.82) is 0 Å². The van der Waals surface area contributed by atoms with Crippen LogP contribution in [0.2, 0.25) is 0 Å². The van der Waals surface area contributed by atoms with Crippen LogP contribution in [-0.2, 0) is 15.0 Å². The third kappa shape index (κ3) is 3.57. The van der Waals surface area contributed by atoms with Gasteiger partial charge in [-0.05, 0) is 35.8 Å². The van der Waals surface area contributed by atoms with Crippen molar-refractivity contribution in [3.8, 4) is 0 Å². The number of para-hydroxylation sites is 1. The first-order valence-electron chi connectivity index (χ1n) is 9.68. The van der Waals surface area contributed by atoms with E-state index in [2.05, 4.69) is 31.4 Å². The lowest BCUT2D eigenvalue weighted by molar-refractivity contribution is -0.136. The maximum atomic E-state index is 13.0. The summed E-state index contributed by atoms with van der Waals surface area (Å²) in [7, 11) is 0. The molecule has 2 atom stereocenters. The van der Waals surface area contributed by atoms with E-state index in [1.54, 1.807) is 0 Å². The summed E-state index contributed by atoms with van der Waals surface area (Å²) >= 11 is 0. The smallest absolute Gasteiger partial charge is 0.324 e. The Morgan fingerprint density at radius 1 is 1.26 bits per heavy atom. The van der Waals surface area contributed by atoms with Gasteiger partial charge in [0.2, 0.25) is 5.91 Å². The number of amides is 4. The van der Waals surface area contributed by atoms with E-state index in [-0.39, 0.29) is 29.7 Å². The Bertz CT molecular complexity index is 768. The molecule has 0 radical (unpaired) electrons. The SMILES string of the molecule is C[C@@H]1CCCC[C@]12NC(=O)N(CC(=O)Nc1ccccc1C(C)(C)C)C2=O. The molecule has 2 fully saturated rings. The quantitative estimate of drug-likeness (QED) is 0.799. The van der Waals surface area contributed by atoms with Crippen molar-refractivity contribution in [1.82, 2.24) is 10.2 Å². The molecule has 4 amide bonds. The van der Waals surface area contributed by atoms with Gasteiger partial charge >= 0.3 is 6.03 Å². The molecule has 0 aromatic heterocycles. The molecule has 6 nitrogen and oxygen atoms in total. The van der Waals surface area contributed by atoms with E-state index in [0.29, 0.717) is 12.1 Å². The molecule has 0 unspecified atom stereocenters. The number of hydrogen-bond acceptors (Lipinski definition) is 3. The summed E-state index contributed by atoms with van der Waals surface area (Å²) in [5.41, 5.74) is 0.751. The molecular formula is C21H29N3O3. The molecule has 2 N–H and O–H groups in total. The molecule has 0 bridgehead atoms. The number of carbonyl (C=O) groups excluding carboxylic acids is 3. The number of anilines is 1. The van der Waals surface area contributed by atoms with E-state index < -0.39 is 11.6 Å². The van der Waals surface area contributed by atoms with Crippen molar-refractivity contribution in [3.63, 3.8) is 0 Å². The Morgan fingerprint density at radius 3 is 2.63 bits per heavy atom. The van der Waals surface area contributed by atoms with Crippen molar-refractivity contribution in [2.75, 3.05) is 11.9 Å². The van der Waals surface area contributed by atoms with Crippen LogP contribution in [0.5, 0.6) is 0 Å². The highest BCUT2D eigenvalue weighted by atomic mass is 16.2. The summed E-state index contributed by atoms with van der Waals surface area (Å²) in [6, 6.07) is 7.14. The fourth-order valence-corrected chi connectivity index (χ4v) is 4.22. The molecule has 1 aromatic carbocycles. The molecule has 2 aliphatic rings. The van der Waals surface area contributed by atoms with Crippen LogP contribution in [0.25, 0.3) is 0 Å². The number of nitrogens with one attached hydrogen (secondary N) is 2. The van der Waals surface area contributed by atoms with Gasteiger partial charge < -0.3 is 10.6 Å². The van der Waals surface area contributed by atoms with E-state index in [0.717, 1.165) is 29.7 Å². The highest BCUT2D eigenvalue weighted by molar-refractivity contribution is 6.10. The van der Waals surface area contributed by atoms with Crippen LogP contribution in [0.15, 0.2) is 24.3 Å². The number of rotatable bonds is 3. The van der Waals surface area contributed by atoms with Gasteiger partial charge in [-0.3, -0.25) is 14.5 Å². The summed E-state index contributed by atoms with van der Waals surface area (Å²) in [4.78, 5) is 39.1. The van der Waals surface area contributed by atoms with E-state index in [1.807, 2.05) is 31.2 Å². The molecule has 1 heterocycles. The van der Waals surface area contributed by atoms with Crippen LogP contribution in [-0.4, -0.2) is 34.8 Å². The van der Waals surface area contributed by atoms with Gasteiger partial charge in [0.25, 0.3) is 5.91 Å². The van der Waals surface area contributed by atoms with E-state index in [1.165, 1.54) is 0 Å². The van der Waals surface area contributed by atoms with Gasteiger partial charge in [0.1, 0.15) is 12.1 Å². The fraction of sp³-hybridized carbons (Fsp3) is 0.571.